The second kappa shape index (κ2) is 20.9. The van der Waals surface area contributed by atoms with Crippen molar-refractivity contribution in [2.24, 2.45) is 0 Å². The molecule has 0 unspecified atom stereocenters. The molecule has 13 aromatic rings. The molecule has 0 spiro atoms. The topological polar surface area (TPSA) is 41.3 Å². The van der Waals surface area contributed by atoms with Crippen LogP contribution in [0.5, 0.6) is 11.5 Å². The van der Waals surface area contributed by atoms with E-state index in [2.05, 4.69) is 299 Å². The van der Waals surface area contributed by atoms with Crippen LogP contribution in [0.15, 0.2) is 194 Å². The Morgan fingerprint density at radius 1 is 0.425 bits per heavy atom. The van der Waals surface area contributed by atoms with E-state index in [0.29, 0.717) is 28.3 Å². The molecule has 440 valence electrons. The molecule has 0 aliphatic carbocycles. The summed E-state index contributed by atoms with van der Waals surface area (Å²) < 4.78 is 63.8. The van der Waals surface area contributed by atoms with E-state index < -0.39 is 23.5 Å². The Bertz CT molecular complexity index is 5240. The van der Waals surface area contributed by atoms with Gasteiger partial charge in [0.15, 0.2) is 0 Å². The van der Waals surface area contributed by atoms with Gasteiger partial charge >= 0.3 is 478 Å². The van der Waals surface area contributed by atoms with E-state index in [9.17, 15) is 5.48 Å². The molecule has 0 aliphatic rings. The van der Waals surface area contributed by atoms with Crippen LogP contribution in [0.3, 0.4) is 0 Å². The first-order valence-corrected chi connectivity index (χ1v) is 31.2. The number of rotatable bonds is 7. The predicted octanol–water partition coefficient (Wildman–Crippen LogP) is 21.3. The number of para-hydroxylation sites is 3. The summed E-state index contributed by atoms with van der Waals surface area (Å²) in [6.45, 7) is 33.3. The predicted molar refractivity (Wildman–Crippen MR) is 361 cm³/mol. The second-order valence-corrected chi connectivity index (χ2v) is 29.5. The maximum absolute atomic E-state index is 9.81. The fraction of sp³-hybridized carbons (Fsp3) is 0.250. The molecule has 0 saturated carbocycles. The number of benzene rings is 9. The Balaban J connectivity index is 1.19. The van der Waals surface area contributed by atoms with Crippen molar-refractivity contribution in [1.82, 2.24) is 23.1 Å². The number of hydrogen-bond acceptors (Lipinski definition) is 2. The quantitative estimate of drug-likeness (QED) is 0.149. The molecule has 7 heteroatoms. The third kappa shape index (κ3) is 10.3. The van der Waals surface area contributed by atoms with Gasteiger partial charge in [-0.05, 0) is 17.0 Å². The Labute approximate surface area is 530 Å². The fourth-order valence-corrected chi connectivity index (χ4v) is 13.2. The SMILES string of the molecule is [2H]c1c([2H])c([2H])c(-c2cc(C(C)(C)C)cc(-c3cc(C(C)(C)C)cc(C(C)(C)C)c3)c2-n2[c](=[Pt])n3c4[c-]c(Oc5[c-]c6c(cc5)c5ccccc5n6-c5cc(C(C)(C)C)ccn5)ccc4n(-c4ccc(C(C)(C)C)cc4)c4ccccc4c4cccc2c43)c([2H])c1[2H]. The van der Waals surface area contributed by atoms with E-state index in [1.807, 2.05) is 18.3 Å². The maximum atomic E-state index is 9.81. The van der Waals surface area contributed by atoms with Crippen molar-refractivity contribution in [2.45, 2.75) is 131 Å². The second-order valence-electron chi connectivity index (χ2n) is 28.5. The first-order chi connectivity index (χ1) is 43.3. The van der Waals surface area contributed by atoms with Gasteiger partial charge in [0.05, 0.1) is 0 Å². The van der Waals surface area contributed by atoms with Gasteiger partial charge in [0.1, 0.15) is 0 Å². The minimum atomic E-state index is -0.448. The van der Waals surface area contributed by atoms with Crippen LogP contribution in [0, 0.1) is 15.9 Å². The molecular formula is C80H77N5OPt-2. The summed E-state index contributed by atoms with van der Waals surface area (Å²) in [7, 11) is 0. The zero-order valence-corrected chi connectivity index (χ0v) is 54.8. The molecule has 9 aromatic carbocycles. The summed E-state index contributed by atoms with van der Waals surface area (Å²) in [5, 5.41) is 4.05. The molecule has 13 rings (SSSR count). The van der Waals surface area contributed by atoms with Gasteiger partial charge in [-0.2, -0.15) is 0 Å². The van der Waals surface area contributed by atoms with E-state index in [4.69, 9.17) is 11.1 Å². The summed E-state index contributed by atoms with van der Waals surface area (Å²) >= 11 is 2.46. The van der Waals surface area contributed by atoms with Gasteiger partial charge in [-0.3, -0.25) is 0 Å². The van der Waals surface area contributed by atoms with E-state index in [-0.39, 0.29) is 39.3 Å². The summed E-state index contributed by atoms with van der Waals surface area (Å²) in [6, 6.07) is 61.8. The van der Waals surface area contributed by atoms with Gasteiger partial charge < -0.3 is 0 Å². The third-order valence-corrected chi connectivity index (χ3v) is 18.2. The first kappa shape index (κ1) is 51.9. The van der Waals surface area contributed by atoms with Gasteiger partial charge in [0, 0.05) is 6.20 Å². The molecule has 0 aliphatic heterocycles. The molecular weight excluding hydrogens is 1240 g/mol. The van der Waals surface area contributed by atoms with Gasteiger partial charge in [0.2, 0.25) is 0 Å². The van der Waals surface area contributed by atoms with Crippen LogP contribution in [-0.4, -0.2) is 23.1 Å². The van der Waals surface area contributed by atoms with Crippen LogP contribution in [-0.2, 0) is 46.4 Å². The van der Waals surface area contributed by atoms with Crippen molar-refractivity contribution in [2.75, 3.05) is 0 Å². The summed E-state index contributed by atoms with van der Waals surface area (Å²) in [5.74, 6) is 1.75. The Morgan fingerprint density at radius 2 is 0.954 bits per heavy atom. The van der Waals surface area contributed by atoms with Crippen LogP contribution >= 0.6 is 0 Å². The molecule has 0 atom stereocenters. The van der Waals surface area contributed by atoms with Gasteiger partial charge in [-0.1, -0.05) is 32.9 Å². The van der Waals surface area contributed by atoms with Crippen molar-refractivity contribution in [1.29, 1.82) is 0 Å². The molecule has 0 N–H and O–H groups in total. The summed E-state index contributed by atoms with van der Waals surface area (Å²) in [5.41, 5.74) is 14.6. The monoisotopic (exact) mass is 1320 g/mol. The zero-order valence-electron chi connectivity index (χ0n) is 57.5. The number of aromatic nitrogens is 5. The van der Waals surface area contributed by atoms with Crippen LogP contribution in [0.25, 0.3) is 99.6 Å². The molecule has 4 aromatic heterocycles. The molecule has 0 radical (unpaired) electrons. The Morgan fingerprint density at radius 3 is 1.57 bits per heavy atom. The number of ether oxygens (including phenoxy) is 1. The number of nitrogens with zero attached hydrogens (tertiary/aromatic N) is 5. The van der Waals surface area contributed by atoms with Crippen LogP contribution in [0.2, 0.25) is 0 Å². The summed E-state index contributed by atoms with van der Waals surface area (Å²) in [4.78, 5) is 4.96. The van der Waals surface area contributed by atoms with Crippen molar-refractivity contribution < 1.29 is 30.9 Å². The number of hydrogen-bond donors (Lipinski definition) is 0. The minimum absolute atomic E-state index is 0.0914. The zero-order chi connectivity index (χ0) is 65.6. The van der Waals surface area contributed by atoms with Gasteiger partial charge in [-0.15, -0.1) is 0 Å². The van der Waals surface area contributed by atoms with Crippen molar-refractivity contribution in [3.8, 4) is 50.9 Å². The molecule has 0 fully saturated rings. The average molecular weight is 1320 g/mol. The van der Waals surface area contributed by atoms with Crippen molar-refractivity contribution in [3.05, 3.63) is 238 Å². The fourth-order valence-electron chi connectivity index (χ4n) is 12.2. The number of imidazole rings is 1. The van der Waals surface area contributed by atoms with Crippen LogP contribution < -0.4 is 4.74 Å². The van der Waals surface area contributed by atoms with Gasteiger partial charge in [-0.25, -0.2) is 0 Å². The standard InChI is InChI=1S/C80H77N5O.Pt/c1-76(2,3)53-32-34-58(35-33-53)84-67-29-21-20-27-62(67)64-28-23-31-70-75(64)83(50-82(70)74-65(51-24-17-16-18-25-51)45-57(80(13,14)15)46-66(74)52-42-55(78(7,8)9)44-56(43-52)79(10,11)12)72-49-60(37-39-69(72)84)86-59-36-38-63-61-26-19-22-30-68(61)85(71(63)48-59)73-47-54(40-41-81-73)77(4,5)6;/h16-47H,1-15H3;/q-2;/i16D,17D,18D,24D,25D;. The molecule has 0 bridgehead atoms. The van der Waals surface area contributed by atoms with Crippen molar-refractivity contribution in [3.63, 3.8) is 0 Å². The Hall–Kier alpha value is -8.31. The third-order valence-electron chi connectivity index (χ3n) is 17.2. The van der Waals surface area contributed by atoms with Crippen LogP contribution in [0.4, 0.5) is 0 Å². The molecule has 0 amide bonds. The first-order valence-electron chi connectivity index (χ1n) is 32.6. The normalized spacial score (nSPS) is 13.6. The van der Waals surface area contributed by atoms with Crippen molar-refractivity contribution >= 4 is 60.2 Å². The molecule has 4 heterocycles. The number of pyridine rings is 1. The summed E-state index contributed by atoms with van der Waals surface area (Å²) in [6.07, 6.45) is 1.89. The van der Waals surface area contributed by atoms with Gasteiger partial charge in [0.25, 0.3) is 0 Å². The molecule has 87 heavy (non-hydrogen) atoms. The average Bonchev–Trinajstić information content (AvgIpc) is 1.47. The van der Waals surface area contributed by atoms with E-state index >= 15 is 0 Å². The molecule has 6 nitrogen and oxygen atoms in total. The van der Waals surface area contributed by atoms with E-state index in [1.165, 1.54) is 11.1 Å². The van der Waals surface area contributed by atoms with E-state index in [1.54, 1.807) is 0 Å². The van der Waals surface area contributed by atoms with E-state index in [0.717, 1.165) is 97.8 Å². The number of fused-ring (bicyclic) bond motifs is 7. The van der Waals surface area contributed by atoms with Crippen LogP contribution in [0.1, 0.15) is 139 Å². The molecule has 0 saturated heterocycles. The Kier molecular flexibility index (Phi) is 12.5.